The molecule has 3 rings (SSSR count). The van der Waals surface area contributed by atoms with Crippen molar-refractivity contribution in [3.05, 3.63) is 29.8 Å². The van der Waals surface area contributed by atoms with Gasteiger partial charge in [0.2, 0.25) is 10.0 Å². The largest absolute Gasteiger partial charge is 0.395 e. The van der Waals surface area contributed by atoms with Crippen LogP contribution in [-0.4, -0.2) is 36.5 Å². The van der Waals surface area contributed by atoms with Gasteiger partial charge in [-0.25, -0.2) is 8.42 Å². The van der Waals surface area contributed by atoms with Gasteiger partial charge in [-0.05, 0) is 44.2 Å². The van der Waals surface area contributed by atoms with Gasteiger partial charge < -0.3 is 5.11 Å². The maximum atomic E-state index is 13.0. The molecule has 5 heteroatoms. The Bertz CT molecular complexity index is 596. The van der Waals surface area contributed by atoms with Gasteiger partial charge in [0.05, 0.1) is 11.5 Å². The average Bonchev–Trinajstić information content (AvgIpc) is 2.87. The number of hydrogen-bond donors (Lipinski definition) is 1. The van der Waals surface area contributed by atoms with Crippen molar-refractivity contribution in [1.29, 1.82) is 0 Å². The molecule has 1 aliphatic heterocycles. The first-order valence-electron chi connectivity index (χ1n) is 7.75. The number of benzene rings is 1. The van der Waals surface area contributed by atoms with Crippen LogP contribution in [0.25, 0.3) is 0 Å². The number of fused-ring (bicyclic) bond motifs is 1. The first-order chi connectivity index (χ1) is 10.0. The third-order valence-electron chi connectivity index (χ3n) is 4.94. The molecule has 1 saturated heterocycles. The Balaban J connectivity index is 1.97. The molecule has 1 saturated carbocycles. The lowest BCUT2D eigenvalue weighted by molar-refractivity contribution is 0.187. The molecule has 0 amide bonds. The molecule has 4 nitrogen and oxygen atoms in total. The second-order valence-corrected chi connectivity index (χ2v) is 8.18. The van der Waals surface area contributed by atoms with Crippen LogP contribution < -0.4 is 0 Å². The molecule has 1 heterocycles. The van der Waals surface area contributed by atoms with Gasteiger partial charge in [0.15, 0.2) is 0 Å². The maximum Gasteiger partial charge on any atom is 0.243 e. The lowest BCUT2D eigenvalue weighted by Crippen LogP contribution is -2.44. The predicted octanol–water partition coefficient (Wildman–Crippen LogP) is 2.31. The normalized spacial score (nSPS) is 30.3. The van der Waals surface area contributed by atoms with Crippen LogP contribution in [0.4, 0.5) is 0 Å². The van der Waals surface area contributed by atoms with Crippen molar-refractivity contribution in [3.8, 4) is 0 Å². The van der Waals surface area contributed by atoms with Gasteiger partial charge in [0, 0.05) is 12.1 Å². The fraction of sp³-hybridized carbons (Fsp3) is 0.625. The summed E-state index contributed by atoms with van der Waals surface area (Å²) in [7, 11) is -3.51. The molecule has 0 aromatic heterocycles. The summed E-state index contributed by atoms with van der Waals surface area (Å²) in [6.45, 7) is 1.86. The van der Waals surface area contributed by atoms with Crippen LogP contribution in [-0.2, 0) is 10.0 Å². The van der Waals surface area contributed by atoms with Crippen LogP contribution in [0, 0.1) is 12.8 Å². The second-order valence-electron chi connectivity index (χ2n) is 6.33. The Kier molecular flexibility index (Phi) is 4.08. The lowest BCUT2D eigenvalue weighted by atomic mass is 9.85. The number of aliphatic hydroxyl groups is 1. The third-order valence-corrected chi connectivity index (χ3v) is 6.93. The first kappa shape index (κ1) is 15.0. The number of nitrogens with zero attached hydrogens (tertiary/aromatic N) is 1. The topological polar surface area (TPSA) is 57.6 Å². The maximum absolute atomic E-state index is 13.0. The number of aliphatic hydroxyl groups excluding tert-OH is 1. The molecule has 1 unspecified atom stereocenters. The Morgan fingerprint density at radius 1 is 1.19 bits per heavy atom. The summed E-state index contributed by atoms with van der Waals surface area (Å²) < 4.78 is 27.6. The van der Waals surface area contributed by atoms with Crippen molar-refractivity contribution >= 4 is 10.0 Å². The van der Waals surface area contributed by atoms with Gasteiger partial charge in [-0.1, -0.05) is 30.5 Å². The molecule has 1 N–H and O–H groups in total. The molecule has 0 bridgehead atoms. The number of hydrogen-bond acceptors (Lipinski definition) is 3. The van der Waals surface area contributed by atoms with E-state index in [-0.39, 0.29) is 18.7 Å². The lowest BCUT2D eigenvalue weighted by Gasteiger charge is -2.32. The molecule has 2 aliphatic rings. The highest BCUT2D eigenvalue weighted by Gasteiger charge is 2.47. The summed E-state index contributed by atoms with van der Waals surface area (Å²) in [5, 5.41) is 9.63. The van der Waals surface area contributed by atoms with Crippen molar-refractivity contribution in [2.24, 2.45) is 5.92 Å². The third kappa shape index (κ3) is 2.62. The highest BCUT2D eigenvalue weighted by Crippen LogP contribution is 2.42. The van der Waals surface area contributed by atoms with Gasteiger partial charge in [0.25, 0.3) is 0 Å². The van der Waals surface area contributed by atoms with E-state index in [0.29, 0.717) is 10.8 Å². The van der Waals surface area contributed by atoms with Crippen molar-refractivity contribution in [3.63, 3.8) is 0 Å². The zero-order chi connectivity index (χ0) is 15.0. The van der Waals surface area contributed by atoms with Crippen LogP contribution in [0.3, 0.4) is 0 Å². The zero-order valence-electron chi connectivity index (χ0n) is 12.4. The van der Waals surface area contributed by atoms with Gasteiger partial charge in [-0.3, -0.25) is 0 Å². The summed E-state index contributed by atoms with van der Waals surface area (Å²) in [6.07, 6.45) is 5.07. The molecule has 1 aromatic rings. The fourth-order valence-corrected chi connectivity index (χ4v) is 5.79. The summed E-state index contributed by atoms with van der Waals surface area (Å²) in [5.41, 5.74) is 1.05. The summed E-state index contributed by atoms with van der Waals surface area (Å²) in [5.74, 6) is 0.413. The molecule has 21 heavy (non-hydrogen) atoms. The molecule has 2 fully saturated rings. The minimum Gasteiger partial charge on any atom is -0.395 e. The van der Waals surface area contributed by atoms with Crippen LogP contribution >= 0.6 is 0 Å². The Labute approximate surface area is 126 Å². The van der Waals surface area contributed by atoms with Crippen LogP contribution in [0.1, 0.15) is 37.7 Å². The molecule has 1 aliphatic carbocycles. The fourth-order valence-electron chi connectivity index (χ4n) is 3.88. The quantitative estimate of drug-likeness (QED) is 0.932. The molecule has 116 valence electrons. The van der Waals surface area contributed by atoms with Crippen molar-refractivity contribution in [2.45, 2.75) is 56.0 Å². The van der Waals surface area contributed by atoms with E-state index in [2.05, 4.69) is 0 Å². The number of rotatable bonds is 3. The van der Waals surface area contributed by atoms with Gasteiger partial charge in [0.1, 0.15) is 0 Å². The van der Waals surface area contributed by atoms with E-state index < -0.39 is 10.0 Å². The van der Waals surface area contributed by atoms with E-state index in [1.165, 1.54) is 6.42 Å². The van der Waals surface area contributed by atoms with Gasteiger partial charge in [-0.2, -0.15) is 4.31 Å². The molecule has 0 radical (unpaired) electrons. The summed E-state index contributed by atoms with van der Waals surface area (Å²) in [6, 6.07) is 6.82. The monoisotopic (exact) mass is 309 g/mol. The van der Waals surface area contributed by atoms with E-state index in [1.54, 1.807) is 16.4 Å². The Morgan fingerprint density at radius 3 is 2.52 bits per heavy atom. The predicted molar refractivity (Wildman–Crippen MR) is 81.4 cm³/mol. The Hall–Kier alpha value is -0.910. The smallest absolute Gasteiger partial charge is 0.243 e. The van der Waals surface area contributed by atoms with Crippen molar-refractivity contribution in [1.82, 2.24) is 4.31 Å². The average molecular weight is 309 g/mol. The van der Waals surface area contributed by atoms with Gasteiger partial charge >= 0.3 is 0 Å². The number of aryl methyl sites for hydroxylation is 1. The van der Waals surface area contributed by atoms with E-state index in [1.807, 2.05) is 19.1 Å². The molecular weight excluding hydrogens is 286 g/mol. The van der Waals surface area contributed by atoms with E-state index in [0.717, 1.165) is 31.2 Å². The number of sulfonamides is 1. The molecule has 0 spiro atoms. The zero-order valence-corrected chi connectivity index (χ0v) is 13.2. The highest BCUT2D eigenvalue weighted by atomic mass is 32.2. The van der Waals surface area contributed by atoms with Crippen LogP contribution in [0.5, 0.6) is 0 Å². The summed E-state index contributed by atoms with van der Waals surface area (Å²) >= 11 is 0. The van der Waals surface area contributed by atoms with Crippen LogP contribution in [0.15, 0.2) is 29.2 Å². The highest BCUT2D eigenvalue weighted by molar-refractivity contribution is 7.89. The van der Waals surface area contributed by atoms with E-state index in [9.17, 15) is 13.5 Å². The van der Waals surface area contributed by atoms with Crippen LogP contribution in [0.2, 0.25) is 0 Å². The van der Waals surface area contributed by atoms with Crippen molar-refractivity contribution in [2.75, 3.05) is 6.61 Å². The Morgan fingerprint density at radius 2 is 1.86 bits per heavy atom. The standard InChI is InChI=1S/C16H23NO3S/c1-12-6-8-15(9-7-12)21(19,20)17-14(11-18)10-13-4-2-3-5-16(13)17/h6-9,13-14,16,18H,2-5,10-11H2,1H3/t13-,14?,16-/m0/s1. The molecular formula is C16H23NO3S. The second kappa shape index (κ2) is 5.71. The minimum absolute atomic E-state index is 0.0715. The van der Waals surface area contributed by atoms with Crippen molar-refractivity contribution < 1.29 is 13.5 Å². The molecule has 3 atom stereocenters. The summed E-state index contributed by atoms with van der Waals surface area (Å²) in [4.78, 5) is 0.345. The van der Waals surface area contributed by atoms with E-state index in [4.69, 9.17) is 0 Å². The van der Waals surface area contributed by atoms with E-state index >= 15 is 0 Å². The minimum atomic E-state index is -3.51. The SMILES string of the molecule is Cc1ccc(S(=O)(=O)N2C(CO)C[C@@H]3CCCC[C@@H]32)cc1. The van der Waals surface area contributed by atoms with Gasteiger partial charge in [-0.15, -0.1) is 0 Å². The first-order valence-corrected chi connectivity index (χ1v) is 9.19. The molecule has 1 aromatic carbocycles.